The standard InChI is InChI=1S/C17H28N6O/c24-17(16-13-23(20-19-16)15-5-7-18-8-6-15)22-11-9-21(10-12-22)14-3-1-2-4-14/h13-15,18H,1-12H2. The number of nitrogens with one attached hydrogen (secondary N) is 1. The predicted molar refractivity (Wildman–Crippen MR) is 90.9 cm³/mol. The van der Waals surface area contributed by atoms with E-state index in [0.29, 0.717) is 11.7 Å². The fourth-order valence-corrected chi connectivity index (χ4v) is 4.35. The van der Waals surface area contributed by atoms with E-state index in [2.05, 4.69) is 20.5 Å². The van der Waals surface area contributed by atoms with E-state index in [9.17, 15) is 4.79 Å². The summed E-state index contributed by atoms with van der Waals surface area (Å²) in [4.78, 5) is 17.2. The molecule has 1 aromatic rings. The SMILES string of the molecule is O=C(c1cn(C2CCNCC2)nn1)N1CCN(C2CCCC2)CC1. The Hall–Kier alpha value is -1.47. The summed E-state index contributed by atoms with van der Waals surface area (Å²) in [6, 6.07) is 1.13. The van der Waals surface area contributed by atoms with Gasteiger partial charge in [-0.15, -0.1) is 5.10 Å². The maximum atomic E-state index is 12.7. The van der Waals surface area contributed by atoms with Gasteiger partial charge in [-0.1, -0.05) is 18.1 Å². The highest BCUT2D eigenvalue weighted by molar-refractivity contribution is 5.92. The van der Waals surface area contributed by atoms with Crippen molar-refractivity contribution < 1.29 is 4.79 Å². The van der Waals surface area contributed by atoms with Crippen LogP contribution in [-0.4, -0.2) is 76.0 Å². The molecule has 0 unspecified atom stereocenters. The molecule has 0 bridgehead atoms. The molecule has 4 rings (SSSR count). The number of rotatable bonds is 3. The van der Waals surface area contributed by atoms with Crippen molar-refractivity contribution in [2.24, 2.45) is 0 Å². The Bertz CT molecular complexity index is 553. The summed E-state index contributed by atoms with van der Waals surface area (Å²) >= 11 is 0. The molecule has 132 valence electrons. The van der Waals surface area contributed by atoms with Gasteiger partial charge in [0, 0.05) is 32.2 Å². The number of nitrogens with zero attached hydrogens (tertiary/aromatic N) is 5. The number of aromatic nitrogens is 3. The average molecular weight is 332 g/mol. The number of hydrogen-bond donors (Lipinski definition) is 1. The zero-order valence-electron chi connectivity index (χ0n) is 14.4. The second kappa shape index (κ2) is 7.19. The van der Waals surface area contributed by atoms with Crippen LogP contribution in [-0.2, 0) is 0 Å². The van der Waals surface area contributed by atoms with Crippen LogP contribution in [0.3, 0.4) is 0 Å². The van der Waals surface area contributed by atoms with Crippen LogP contribution in [0.1, 0.15) is 55.1 Å². The Labute approximate surface area is 143 Å². The molecule has 1 saturated carbocycles. The van der Waals surface area contributed by atoms with Crippen molar-refractivity contribution in [3.8, 4) is 0 Å². The molecule has 3 aliphatic rings. The van der Waals surface area contributed by atoms with Crippen molar-refractivity contribution in [2.45, 2.75) is 50.6 Å². The molecular formula is C17H28N6O. The minimum absolute atomic E-state index is 0.0428. The van der Waals surface area contributed by atoms with Gasteiger partial charge < -0.3 is 10.2 Å². The summed E-state index contributed by atoms with van der Waals surface area (Å²) in [7, 11) is 0. The third-order valence-electron chi connectivity index (χ3n) is 5.85. The minimum atomic E-state index is 0.0428. The van der Waals surface area contributed by atoms with Crippen LogP contribution in [0, 0.1) is 0 Å². The molecule has 0 spiro atoms. The summed E-state index contributed by atoms with van der Waals surface area (Å²) in [5.74, 6) is 0.0428. The summed E-state index contributed by atoms with van der Waals surface area (Å²) < 4.78 is 1.89. The normalized spacial score (nSPS) is 24.6. The zero-order valence-corrected chi connectivity index (χ0v) is 14.4. The van der Waals surface area contributed by atoms with Crippen molar-refractivity contribution >= 4 is 5.91 Å². The fraction of sp³-hybridized carbons (Fsp3) is 0.824. The molecular weight excluding hydrogens is 304 g/mol. The van der Waals surface area contributed by atoms with Crippen molar-refractivity contribution in [1.82, 2.24) is 30.1 Å². The summed E-state index contributed by atoms with van der Waals surface area (Å²) in [5, 5.41) is 11.7. The van der Waals surface area contributed by atoms with E-state index in [1.807, 2.05) is 15.8 Å². The van der Waals surface area contributed by atoms with Gasteiger partial charge >= 0.3 is 0 Å². The van der Waals surface area contributed by atoms with Crippen molar-refractivity contribution in [3.05, 3.63) is 11.9 Å². The smallest absolute Gasteiger partial charge is 0.276 e. The number of piperazine rings is 1. The third kappa shape index (κ3) is 3.32. The van der Waals surface area contributed by atoms with Crippen LogP contribution in [0.15, 0.2) is 6.20 Å². The fourth-order valence-electron chi connectivity index (χ4n) is 4.35. The van der Waals surface area contributed by atoms with Gasteiger partial charge in [-0.05, 0) is 38.8 Å². The van der Waals surface area contributed by atoms with E-state index in [0.717, 1.165) is 58.2 Å². The highest BCUT2D eigenvalue weighted by atomic mass is 16.2. The molecule has 3 heterocycles. The molecule has 1 aliphatic carbocycles. The highest BCUT2D eigenvalue weighted by Gasteiger charge is 2.29. The van der Waals surface area contributed by atoms with Gasteiger partial charge in [0.1, 0.15) is 0 Å². The van der Waals surface area contributed by atoms with E-state index in [1.54, 1.807) is 0 Å². The number of piperidine rings is 1. The van der Waals surface area contributed by atoms with Gasteiger partial charge in [0.2, 0.25) is 0 Å². The van der Waals surface area contributed by atoms with E-state index in [4.69, 9.17) is 0 Å². The average Bonchev–Trinajstić information content (AvgIpc) is 3.34. The van der Waals surface area contributed by atoms with Gasteiger partial charge in [-0.25, -0.2) is 4.68 Å². The first kappa shape index (κ1) is 16.0. The molecule has 7 heteroatoms. The van der Waals surface area contributed by atoms with Gasteiger partial charge in [0.05, 0.1) is 12.2 Å². The van der Waals surface area contributed by atoms with Crippen molar-refractivity contribution in [3.63, 3.8) is 0 Å². The second-order valence-corrected chi connectivity index (χ2v) is 7.33. The Morgan fingerprint density at radius 3 is 2.42 bits per heavy atom. The lowest BCUT2D eigenvalue weighted by Crippen LogP contribution is -2.51. The Morgan fingerprint density at radius 2 is 1.71 bits per heavy atom. The monoisotopic (exact) mass is 332 g/mol. The first-order valence-corrected chi connectivity index (χ1v) is 9.47. The molecule has 24 heavy (non-hydrogen) atoms. The van der Waals surface area contributed by atoms with Gasteiger partial charge in [0.15, 0.2) is 5.69 Å². The molecule has 2 aliphatic heterocycles. The van der Waals surface area contributed by atoms with Gasteiger partial charge in [0.25, 0.3) is 5.91 Å². The molecule has 0 radical (unpaired) electrons. The molecule has 1 amide bonds. The summed E-state index contributed by atoms with van der Waals surface area (Å²) in [6.45, 7) is 5.65. The first-order chi connectivity index (χ1) is 11.8. The lowest BCUT2D eigenvalue weighted by atomic mass is 10.1. The predicted octanol–water partition coefficient (Wildman–Crippen LogP) is 0.903. The second-order valence-electron chi connectivity index (χ2n) is 7.33. The number of carbonyl (C=O) groups is 1. The van der Waals surface area contributed by atoms with Crippen LogP contribution < -0.4 is 5.32 Å². The Kier molecular flexibility index (Phi) is 4.80. The minimum Gasteiger partial charge on any atom is -0.335 e. The summed E-state index contributed by atoms with van der Waals surface area (Å²) in [5.41, 5.74) is 0.503. The zero-order chi connectivity index (χ0) is 16.4. The van der Waals surface area contributed by atoms with Crippen LogP contribution in [0.25, 0.3) is 0 Å². The van der Waals surface area contributed by atoms with Crippen LogP contribution >= 0.6 is 0 Å². The van der Waals surface area contributed by atoms with Gasteiger partial charge in [-0.2, -0.15) is 0 Å². The number of amides is 1. The van der Waals surface area contributed by atoms with E-state index >= 15 is 0 Å². The largest absolute Gasteiger partial charge is 0.335 e. The molecule has 1 aromatic heterocycles. The van der Waals surface area contributed by atoms with Crippen molar-refractivity contribution in [2.75, 3.05) is 39.3 Å². The molecule has 0 aromatic carbocycles. The lowest BCUT2D eigenvalue weighted by molar-refractivity contribution is 0.0568. The molecule has 3 fully saturated rings. The van der Waals surface area contributed by atoms with Gasteiger partial charge in [-0.3, -0.25) is 9.69 Å². The number of hydrogen-bond acceptors (Lipinski definition) is 5. The maximum Gasteiger partial charge on any atom is 0.276 e. The highest BCUT2D eigenvalue weighted by Crippen LogP contribution is 2.24. The van der Waals surface area contributed by atoms with Crippen LogP contribution in [0.2, 0.25) is 0 Å². The van der Waals surface area contributed by atoms with E-state index in [1.165, 1.54) is 25.7 Å². The quantitative estimate of drug-likeness (QED) is 0.891. The van der Waals surface area contributed by atoms with Crippen LogP contribution in [0.5, 0.6) is 0 Å². The maximum absolute atomic E-state index is 12.7. The van der Waals surface area contributed by atoms with Crippen molar-refractivity contribution in [1.29, 1.82) is 0 Å². The lowest BCUT2D eigenvalue weighted by Gasteiger charge is -2.37. The first-order valence-electron chi connectivity index (χ1n) is 9.47. The molecule has 1 N–H and O–H groups in total. The van der Waals surface area contributed by atoms with E-state index < -0.39 is 0 Å². The van der Waals surface area contributed by atoms with Crippen LogP contribution in [0.4, 0.5) is 0 Å². The molecule has 7 nitrogen and oxygen atoms in total. The number of carbonyl (C=O) groups excluding carboxylic acids is 1. The molecule has 0 atom stereocenters. The Balaban J connectivity index is 1.33. The Morgan fingerprint density at radius 1 is 1.00 bits per heavy atom. The topological polar surface area (TPSA) is 66.3 Å². The molecule has 2 saturated heterocycles. The van der Waals surface area contributed by atoms with E-state index in [-0.39, 0.29) is 5.91 Å². The third-order valence-corrected chi connectivity index (χ3v) is 5.85. The summed E-state index contributed by atoms with van der Waals surface area (Å²) in [6.07, 6.45) is 9.35.